The number of nitrogens with zero attached hydrogens (tertiary/aromatic N) is 1. The van der Waals surface area contributed by atoms with Gasteiger partial charge >= 0.3 is 0 Å². The Labute approximate surface area is 100 Å². The van der Waals surface area contributed by atoms with E-state index >= 15 is 0 Å². The van der Waals surface area contributed by atoms with E-state index in [4.69, 9.17) is 5.73 Å². The first kappa shape index (κ1) is 13.1. The van der Waals surface area contributed by atoms with E-state index in [9.17, 15) is 4.79 Å². The molecule has 1 atom stereocenters. The Balaban J connectivity index is 2.02. The standard InChI is InChI=1S/C11H19N3OS/c1-9(12)3-2-4-10(15)13-6-5-11-14-7-8-16-11/h7-9H,2-6,12H2,1H3,(H,13,15). The monoisotopic (exact) mass is 241 g/mol. The van der Waals surface area contributed by atoms with Crippen LogP contribution >= 0.6 is 11.3 Å². The van der Waals surface area contributed by atoms with Crippen LogP contribution in [0.5, 0.6) is 0 Å². The fourth-order valence-corrected chi connectivity index (χ4v) is 1.98. The number of carbonyl (C=O) groups is 1. The van der Waals surface area contributed by atoms with Crippen LogP contribution in [-0.2, 0) is 11.2 Å². The topological polar surface area (TPSA) is 68.0 Å². The highest BCUT2D eigenvalue weighted by atomic mass is 32.1. The van der Waals surface area contributed by atoms with Gasteiger partial charge in [0.25, 0.3) is 0 Å². The zero-order valence-corrected chi connectivity index (χ0v) is 10.4. The lowest BCUT2D eigenvalue weighted by Gasteiger charge is -2.05. The molecule has 0 aliphatic heterocycles. The number of nitrogens with two attached hydrogens (primary N) is 1. The maximum atomic E-state index is 11.4. The Morgan fingerprint density at radius 2 is 2.50 bits per heavy atom. The van der Waals surface area contributed by atoms with Crippen LogP contribution in [0.15, 0.2) is 11.6 Å². The Kier molecular flexibility index (Phi) is 6.03. The molecular formula is C11H19N3OS. The third-order valence-electron chi connectivity index (χ3n) is 2.21. The summed E-state index contributed by atoms with van der Waals surface area (Å²) < 4.78 is 0. The van der Waals surface area contributed by atoms with Crippen molar-refractivity contribution in [1.82, 2.24) is 10.3 Å². The van der Waals surface area contributed by atoms with E-state index in [0.29, 0.717) is 13.0 Å². The lowest BCUT2D eigenvalue weighted by molar-refractivity contribution is -0.121. The van der Waals surface area contributed by atoms with Crippen molar-refractivity contribution in [2.75, 3.05) is 6.54 Å². The maximum Gasteiger partial charge on any atom is 0.220 e. The Morgan fingerprint density at radius 3 is 3.12 bits per heavy atom. The summed E-state index contributed by atoms with van der Waals surface area (Å²) in [6, 6.07) is 0.183. The van der Waals surface area contributed by atoms with Gasteiger partial charge in [0.1, 0.15) is 0 Å². The van der Waals surface area contributed by atoms with E-state index in [1.807, 2.05) is 12.3 Å². The maximum absolute atomic E-state index is 11.4. The minimum absolute atomic E-state index is 0.109. The highest BCUT2D eigenvalue weighted by Gasteiger charge is 2.02. The summed E-state index contributed by atoms with van der Waals surface area (Å²) in [7, 11) is 0. The van der Waals surface area contributed by atoms with Crippen molar-refractivity contribution in [2.24, 2.45) is 5.73 Å². The number of amides is 1. The van der Waals surface area contributed by atoms with Crippen LogP contribution in [0.2, 0.25) is 0 Å². The summed E-state index contributed by atoms with van der Waals surface area (Å²) >= 11 is 1.62. The predicted octanol–water partition coefficient (Wildman–Crippen LogP) is 1.32. The fraction of sp³-hybridized carbons (Fsp3) is 0.636. The first-order valence-electron chi connectivity index (χ1n) is 5.59. The quantitative estimate of drug-likeness (QED) is 0.756. The van der Waals surface area contributed by atoms with Gasteiger partial charge in [-0.05, 0) is 19.8 Å². The lowest BCUT2D eigenvalue weighted by Crippen LogP contribution is -2.26. The number of nitrogens with one attached hydrogen (secondary N) is 1. The van der Waals surface area contributed by atoms with Gasteiger partial charge in [0.15, 0.2) is 0 Å². The van der Waals surface area contributed by atoms with Crippen LogP contribution in [0.4, 0.5) is 0 Å². The average molecular weight is 241 g/mol. The predicted molar refractivity (Wildman–Crippen MR) is 66.3 cm³/mol. The highest BCUT2D eigenvalue weighted by molar-refractivity contribution is 7.09. The van der Waals surface area contributed by atoms with E-state index in [2.05, 4.69) is 10.3 Å². The summed E-state index contributed by atoms with van der Waals surface area (Å²) in [5.74, 6) is 0.109. The van der Waals surface area contributed by atoms with Crippen molar-refractivity contribution >= 4 is 17.2 Å². The van der Waals surface area contributed by atoms with Crippen molar-refractivity contribution < 1.29 is 4.79 Å². The molecule has 16 heavy (non-hydrogen) atoms. The van der Waals surface area contributed by atoms with Crippen molar-refractivity contribution in [3.05, 3.63) is 16.6 Å². The Morgan fingerprint density at radius 1 is 1.69 bits per heavy atom. The van der Waals surface area contributed by atoms with E-state index in [1.54, 1.807) is 17.5 Å². The third kappa shape index (κ3) is 5.82. The van der Waals surface area contributed by atoms with Crippen LogP contribution in [0.3, 0.4) is 0 Å². The van der Waals surface area contributed by atoms with Crippen LogP contribution < -0.4 is 11.1 Å². The van der Waals surface area contributed by atoms with Crippen molar-refractivity contribution in [2.45, 2.75) is 38.6 Å². The number of hydrogen-bond acceptors (Lipinski definition) is 4. The summed E-state index contributed by atoms with van der Waals surface area (Å²) in [6.07, 6.45) is 4.93. The van der Waals surface area contributed by atoms with Crippen molar-refractivity contribution in [3.63, 3.8) is 0 Å². The van der Waals surface area contributed by atoms with Gasteiger partial charge < -0.3 is 11.1 Å². The summed E-state index contributed by atoms with van der Waals surface area (Å²) in [6.45, 7) is 2.63. The molecule has 0 fully saturated rings. The molecule has 1 rings (SSSR count). The van der Waals surface area contributed by atoms with E-state index in [1.165, 1.54) is 0 Å². The molecule has 90 valence electrons. The lowest BCUT2D eigenvalue weighted by atomic mass is 10.1. The van der Waals surface area contributed by atoms with E-state index < -0.39 is 0 Å². The van der Waals surface area contributed by atoms with Gasteiger partial charge in [-0.1, -0.05) is 0 Å². The van der Waals surface area contributed by atoms with Crippen LogP contribution in [0, 0.1) is 0 Å². The van der Waals surface area contributed by atoms with Gasteiger partial charge in [-0.25, -0.2) is 4.98 Å². The number of hydrogen-bond donors (Lipinski definition) is 2. The van der Waals surface area contributed by atoms with Crippen molar-refractivity contribution in [1.29, 1.82) is 0 Å². The van der Waals surface area contributed by atoms with Gasteiger partial charge in [-0.2, -0.15) is 0 Å². The molecule has 1 unspecified atom stereocenters. The van der Waals surface area contributed by atoms with Gasteiger partial charge in [-0.15, -0.1) is 11.3 Å². The molecule has 0 aliphatic rings. The third-order valence-corrected chi connectivity index (χ3v) is 3.05. The minimum Gasteiger partial charge on any atom is -0.356 e. The largest absolute Gasteiger partial charge is 0.356 e. The second kappa shape index (κ2) is 7.35. The molecule has 1 heterocycles. The Bertz CT molecular complexity index is 298. The molecule has 1 aromatic rings. The molecular weight excluding hydrogens is 222 g/mol. The summed E-state index contributed by atoms with van der Waals surface area (Å²) in [4.78, 5) is 15.5. The molecule has 0 aromatic carbocycles. The number of aromatic nitrogens is 1. The van der Waals surface area contributed by atoms with Gasteiger partial charge in [0, 0.05) is 37.0 Å². The highest BCUT2D eigenvalue weighted by Crippen LogP contribution is 2.03. The molecule has 0 saturated heterocycles. The van der Waals surface area contributed by atoms with Crippen LogP contribution in [0.1, 0.15) is 31.2 Å². The molecule has 3 N–H and O–H groups in total. The van der Waals surface area contributed by atoms with Crippen molar-refractivity contribution in [3.8, 4) is 0 Å². The average Bonchev–Trinajstić information content (AvgIpc) is 2.70. The fourth-order valence-electron chi connectivity index (χ4n) is 1.36. The minimum atomic E-state index is 0.109. The second-order valence-electron chi connectivity index (χ2n) is 3.90. The summed E-state index contributed by atoms with van der Waals surface area (Å²) in [5.41, 5.74) is 5.60. The van der Waals surface area contributed by atoms with E-state index in [-0.39, 0.29) is 11.9 Å². The zero-order chi connectivity index (χ0) is 11.8. The normalized spacial score (nSPS) is 12.4. The molecule has 0 spiro atoms. The molecule has 4 nitrogen and oxygen atoms in total. The molecule has 1 amide bonds. The molecule has 0 bridgehead atoms. The summed E-state index contributed by atoms with van der Waals surface area (Å²) in [5, 5.41) is 5.89. The first-order chi connectivity index (χ1) is 7.68. The van der Waals surface area contributed by atoms with Gasteiger partial charge in [-0.3, -0.25) is 4.79 Å². The Hall–Kier alpha value is -0.940. The van der Waals surface area contributed by atoms with Gasteiger partial charge in [0.05, 0.1) is 5.01 Å². The smallest absolute Gasteiger partial charge is 0.220 e. The first-order valence-corrected chi connectivity index (χ1v) is 6.47. The van der Waals surface area contributed by atoms with Gasteiger partial charge in [0.2, 0.25) is 5.91 Å². The number of thiazole rings is 1. The van der Waals surface area contributed by atoms with Crippen LogP contribution in [-0.4, -0.2) is 23.5 Å². The number of carbonyl (C=O) groups excluding carboxylic acids is 1. The molecule has 1 aromatic heterocycles. The zero-order valence-electron chi connectivity index (χ0n) is 9.61. The SMILES string of the molecule is CC(N)CCCC(=O)NCCc1nccs1. The molecule has 0 aliphatic carbocycles. The van der Waals surface area contributed by atoms with Crippen LogP contribution in [0.25, 0.3) is 0 Å². The molecule has 5 heteroatoms. The molecule has 0 radical (unpaired) electrons. The van der Waals surface area contributed by atoms with E-state index in [0.717, 1.165) is 24.3 Å². The molecule has 0 saturated carbocycles. The second-order valence-corrected chi connectivity index (χ2v) is 4.87. The number of rotatable bonds is 7.